The molecule has 0 aliphatic carbocycles. The molecule has 1 N–H and O–H groups in total. The van der Waals surface area contributed by atoms with Crippen LogP contribution in [0.4, 0.5) is 0 Å². The van der Waals surface area contributed by atoms with Gasteiger partial charge >= 0.3 is 5.69 Å². The van der Waals surface area contributed by atoms with Crippen LogP contribution in [0.25, 0.3) is 0 Å². The van der Waals surface area contributed by atoms with Gasteiger partial charge in [-0.15, -0.1) is 11.8 Å². The van der Waals surface area contributed by atoms with E-state index in [1.54, 1.807) is 0 Å². The summed E-state index contributed by atoms with van der Waals surface area (Å²) in [6.45, 7) is 3.35. The molecule has 0 saturated carbocycles. The maximum Gasteiger partial charge on any atom is 0.345 e. The van der Waals surface area contributed by atoms with E-state index in [0.29, 0.717) is 5.75 Å². The van der Waals surface area contributed by atoms with Gasteiger partial charge in [0.05, 0.1) is 10.8 Å². The van der Waals surface area contributed by atoms with Crippen molar-refractivity contribution in [3.8, 4) is 0 Å². The Bertz CT molecular complexity index is 373. The van der Waals surface area contributed by atoms with Crippen LogP contribution in [-0.4, -0.2) is 21.5 Å². The molecule has 0 bridgehead atoms. The van der Waals surface area contributed by atoms with E-state index in [2.05, 4.69) is 9.97 Å². The van der Waals surface area contributed by atoms with Gasteiger partial charge < -0.3 is 4.98 Å². The molecule has 0 aromatic carbocycles. The Morgan fingerprint density at radius 3 is 3.00 bits per heavy atom. The number of aromatic amines is 1. The second-order valence-electron chi connectivity index (χ2n) is 2.69. The Hall–Kier alpha value is -1.10. The summed E-state index contributed by atoms with van der Waals surface area (Å²) in [7, 11) is 0. The molecule has 1 aromatic rings. The van der Waals surface area contributed by atoms with Crippen LogP contribution in [0.5, 0.6) is 0 Å². The molecule has 0 atom stereocenters. The number of carbonyl (C=O) groups excluding carboxylic acids is 1. The van der Waals surface area contributed by atoms with Gasteiger partial charge in [-0.05, 0) is 19.4 Å². The molecule has 13 heavy (non-hydrogen) atoms. The number of rotatable bonds is 3. The minimum absolute atomic E-state index is 0.0852. The van der Waals surface area contributed by atoms with Crippen molar-refractivity contribution in [1.29, 1.82) is 0 Å². The van der Waals surface area contributed by atoms with Crippen LogP contribution in [0.3, 0.4) is 0 Å². The third kappa shape index (κ3) is 3.02. The molecule has 4 nitrogen and oxygen atoms in total. The van der Waals surface area contributed by atoms with E-state index >= 15 is 0 Å². The molecule has 0 aliphatic heterocycles. The lowest BCUT2D eigenvalue weighted by Crippen LogP contribution is -2.11. The van der Waals surface area contributed by atoms with Crippen molar-refractivity contribution in [3.05, 3.63) is 22.2 Å². The van der Waals surface area contributed by atoms with Crippen molar-refractivity contribution in [2.24, 2.45) is 0 Å². The Morgan fingerprint density at radius 2 is 2.38 bits per heavy atom. The molecule has 0 radical (unpaired) electrons. The molecular formula is C8H10N2O2S. The van der Waals surface area contributed by atoms with Gasteiger partial charge in [0, 0.05) is 6.20 Å². The quantitative estimate of drug-likeness (QED) is 0.575. The first kappa shape index (κ1) is 9.98. The Labute approximate surface area is 79.8 Å². The Balaban J connectivity index is 2.81. The largest absolute Gasteiger partial charge is 0.345 e. The van der Waals surface area contributed by atoms with Gasteiger partial charge in [-0.3, -0.25) is 4.79 Å². The summed E-state index contributed by atoms with van der Waals surface area (Å²) < 4.78 is 0. The molecule has 1 heterocycles. The summed E-state index contributed by atoms with van der Waals surface area (Å²) in [5.41, 5.74) is 0.502. The van der Waals surface area contributed by atoms with E-state index in [1.165, 1.54) is 24.9 Å². The fourth-order valence-corrected chi connectivity index (χ4v) is 1.55. The van der Waals surface area contributed by atoms with Crippen LogP contribution in [0.2, 0.25) is 0 Å². The number of aromatic nitrogens is 2. The summed E-state index contributed by atoms with van der Waals surface area (Å²) in [5, 5.41) is 0.718. The lowest BCUT2D eigenvalue weighted by atomic mass is 10.4. The highest BCUT2D eigenvalue weighted by Gasteiger charge is 2.02. The molecule has 0 spiro atoms. The number of hydrogen-bond donors (Lipinski definition) is 1. The van der Waals surface area contributed by atoms with E-state index in [-0.39, 0.29) is 11.5 Å². The number of Topliss-reactive ketones (excluding diaryl/α,β-unsaturated/α-hetero) is 1. The summed E-state index contributed by atoms with van der Waals surface area (Å²) >= 11 is 1.32. The predicted octanol–water partition coefficient (Wildman–Crippen LogP) is 0.759. The van der Waals surface area contributed by atoms with E-state index < -0.39 is 0 Å². The van der Waals surface area contributed by atoms with E-state index in [9.17, 15) is 9.59 Å². The third-order valence-electron chi connectivity index (χ3n) is 1.37. The van der Waals surface area contributed by atoms with Gasteiger partial charge in [0.15, 0.2) is 0 Å². The van der Waals surface area contributed by atoms with Crippen molar-refractivity contribution >= 4 is 17.5 Å². The molecule has 1 aromatic heterocycles. The molecule has 0 amide bonds. The molecule has 70 valence electrons. The number of H-pyrrole nitrogens is 1. The molecule has 0 unspecified atom stereocenters. The van der Waals surface area contributed by atoms with Gasteiger partial charge in [0.25, 0.3) is 0 Å². The van der Waals surface area contributed by atoms with Crippen LogP contribution >= 0.6 is 11.8 Å². The van der Waals surface area contributed by atoms with E-state index in [1.807, 2.05) is 6.92 Å². The van der Waals surface area contributed by atoms with Gasteiger partial charge in [-0.2, -0.15) is 0 Å². The molecular weight excluding hydrogens is 188 g/mol. The van der Waals surface area contributed by atoms with Crippen molar-refractivity contribution < 1.29 is 4.79 Å². The molecule has 0 aliphatic rings. The zero-order valence-corrected chi connectivity index (χ0v) is 8.27. The van der Waals surface area contributed by atoms with Gasteiger partial charge in [-0.25, -0.2) is 9.78 Å². The number of carbonyl (C=O) groups is 1. The SMILES string of the molecule is CC(=O)CSc1[nH]c(=O)ncc1C. The summed E-state index contributed by atoms with van der Waals surface area (Å²) in [5.74, 6) is 0.461. The van der Waals surface area contributed by atoms with Gasteiger partial charge in [0.2, 0.25) is 0 Å². The standard InChI is InChI=1S/C8H10N2O2S/c1-5-3-9-8(12)10-7(5)13-4-6(2)11/h3H,4H2,1-2H3,(H,9,10,12). The third-order valence-corrected chi connectivity index (χ3v) is 2.64. The number of aryl methyl sites for hydroxylation is 1. The molecule has 5 heteroatoms. The topological polar surface area (TPSA) is 62.8 Å². The summed E-state index contributed by atoms with van der Waals surface area (Å²) in [6, 6.07) is 0. The molecule has 0 fully saturated rings. The van der Waals surface area contributed by atoms with Crippen molar-refractivity contribution in [2.75, 3.05) is 5.75 Å². The number of nitrogens with zero attached hydrogens (tertiary/aromatic N) is 1. The predicted molar refractivity (Wildman–Crippen MR) is 51.0 cm³/mol. The van der Waals surface area contributed by atoms with Crippen molar-refractivity contribution in [2.45, 2.75) is 18.9 Å². The van der Waals surface area contributed by atoms with Gasteiger partial charge in [-0.1, -0.05) is 0 Å². The lowest BCUT2D eigenvalue weighted by Gasteiger charge is -2.01. The maximum atomic E-state index is 10.8. The summed E-state index contributed by atoms with van der Waals surface area (Å²) in [6.07, 6.45) is 1.50. The lowest BCUT2D eigenvalue weighted by molar-refractivity contribution is -0.114. The second-order valence-corrected chi connectivity index (χ2v) is 3.68. The smallest absolute Gasteiger partial charge is 0.300 e. The van der Waals surface area contributed by atoms with Gasteiger partial charge in [0.1, 0.15) is 5.78 Å². The van der Waals surface area contributed by atoms with Crippen molar-refractivity contribution in [1.82, 2.24) is 9.97 Å². The highest BCUT2D eigenvalue weighted by molar-refractivity contribution is 7.99. The number of nitrogens with one attached hydrogen (secondary N) is 1. The highest BCUT2D eigenvalue weighted by atomic mass is 32.2. The van der Waals surface area contributed by atoms with Crippen LogP contribution in [0.15, 0.2) is 16.0 Å². The Kier molecular flexibility index (Phi) is 3.25. The van der Waals surface area contributed by atoms with Crippen LogP contribution < -0.4 is 5.69 Å². The number of thioether (sulfide) groups is 1. The highest BCUT2D eigenvalue weighted by Crippen LogP contribution is 2.16. The molecule has 1 rings (SSSR count). The van der Waals surface area contributed by atoms with Crippen molar-refractivity contribution in [3.63, 3.8) is 0 Å². The normalized spacial score (nSPS) is 10.0. The summed E-state index contributed by atoms with van der Waals surface area (Å²) in [4.78, 5) is 27.6. The molecule has 0 saturated heterocycles. The van der Waals surface area contributed by atoms with E-state index in [0.717, 1.165) is 10.6 Å². The Morgan fingerprint density at radius 1 is 1.69 bits per heavy atom. The minimum Gasteiger partial charge on any atom is -0.300 e. The maximum absolute atomic E-state index is 10.8. The van der Waals surface area contributed by atoms with E-state index in [4.69, 9.17) is 0 Å². The zero-order valence-electron chi connectivity index (χ0n) is 7.46. The fourth-order valence-electron chi connectivity index (χ4n) is 0.766. The monoisotopic (exact) mass is 198 g/mol. The first-order valence-corrected chi connectivity index (χ1v) is 4.76. The first-order valence-electron chi connectivity index (χ1n) is 3.78. The average Bonchev–Trinajstić information content (AvgIpc) is 2.06. The first-order chi connectivity index (χ1) is 6.09. The second kappa shape index (κ2) is 4.23. The minimum atomic E-state index is -0.378. The number of ketones is 1. The van der Waals surface area contributed by atoms with Crippen LogP contribution in [-0.2, 0) is 4.79 Å². The fraction of sp³-hybridized carbons (Fsp3) is 0.375. The van der Waals surface area contributed by atoms with Crippen LogP contribution in [0, 0.1) is 6.92 Å². The zero-order chi connectivity index (χ0) is 9.84. The average molecular weight is 198 g/mol. The number of hydrogen-bond acceptors (Lipinski definition) is 4. The van der Waals surface area contributed by atoms with Crippen LogP contribution in [0.1, 0.15) is 12.5 Å².